The molecule has 1 aromatic carbocycles. The van der Waals surface area contributed by atoms with Gasteiger partial charge in [-0.25, -0.2) is 0 Å². The van der Waals surface area contributed by atoms with E-state index in [4.69, 9.17) is 26.3 Å². The van der Waals surface area contributed by atoms with E-state index in [-0.39, 0.29) is 6.79 Å². The number of hydrogen-bond donors (Lipinski definition) is 0. The van der Waals surface area contributed by atoms with Crippen LogP contribution in [0.25, 0.3) is 0 Å². The maximum Gasteiger partial charge on any atom is 0.231 e. The Kier molecular flexibility index (Phi) is 1.56. The average molecular weight is 182 g/mol. The molecule has 0 amide bonds. The fourth-order valence-corrected chi connectivity index (χ4v) is 1.28. The minimum Gasteiger partial charge on any atom is -0.454 e. The lowest BCUT2D eigenvalue weighted by Crippen LogP contribution is -1.93. The SMILES string of the molecule is N#Cc1ccc2c(c1Cl)OCO2. The molecule has 0 fully saturated rings. The number of rotatable bonds is 0. The Bertz CT molecular complexity index is 370. The molecule has 1 aliphatic heterocycles. The summed E-state index contributed by atoms with van der Waals surface area (Å²) in [5.74, 6) is 1.06. The number of nitrogens with zero attached hydrogens (tertiary/aromatic N) is 1. The lowest BCUT2D eigenvalue weighted by Gasteiger charge is -1.98. The number of fused-ring (bicyclic) bond motifs is 1. The molecule has 0 bridgehead atoms. The standard InChI is InChI=1S/C8H4ClNO2/c9-7-5(3-10)1-2-6-8(7)12-4-11-6/h1-2H,4H2. The van der Waals surface area contributed by atoms with Crippen molar-refractivity contribution in [2.45, 2.75) is 0 Å². The summed E-state index contributed by atoms with van der Waals surface area (Å²) in [5.41, 5.74) is 0.404. The van der Waals surface area contributed by atoms with Gasteiger partial charge in [0.15, 0.2) is 11.5 Å². The van der Waals surface area contributed by atoms with E-state index in [1.54, 1.807) is 12.1 Å². The maximum atomic E-state index is 8.62. The first kappa shape index (κ1) is 7.26. The topological polar surface area (TPSA) is 42.2 Å². The van der Waals surface area contributed by atoms with Crippen LogP contribution in [-0.4, -0.2) is 6.79 Å². The van der Waals surface area contributed by atoms with Crippen LogP contribution in [0.3, 0.4) is 0 Å². The molecule has 1 heterocycles. The first-order valence-corrected chi connectivity index (χ1v) is 3.69. The molecule has 0 saturated heterocycles. The Morgan fingerprint density at radius 2 is 2.25 bits per heavy atom. The molecule has 0 N–H and O–H groups in total. The first-order valence-electron chi connectivity index (χ1n) is 3.31. The van der Waals surface area contributed by atoms with Gasteiger partial charge in [0, 0.05) is 0 Å². The molecule has 60 valence electrons. The lowest BCUT2D eigenvalue weighted by atomic mass is 10.2. The third-order valence-electron chi connectivity index (χ3n) is 1.60. The quantitative estimate of drug-likeness (QED) is 0.614. The van der Waals surface area contributed by atoms with Crippen LogP contribution in [0.5, 0.6) is 11.5 Å². The summed E-state index contributed by atoms with van der Waals surface area (Å²) in [5, 5.41) is 8.95. The van der Waals surface area contributed by atoms with Crippen LogP contribution >= 0.6 is 11.6 Å². The van der Waals surface area contributed by atoms with E-state index < -0.39 is 0 Å². The van der Waals surface area contributed by atoms with Gasteiger partial charge in [-0.3, -0.25) is 0 Å². The molecule has 0 aliphatic carbocycles. The van der Waals surface area contributed by atoms with E-state index in [1.807, 2.05) is 6.07 Å². The van der Waals surface area contributed by atoms with Crippen molar-refractivity contribution in [3.8, 4) is 17.6 Å². The largest absolute Gasteiger partial charge is 0.454 e. The summed E-state index contributed by atoms with van der Waals surface area (Å²) in [6, 6.07) is 5.24. The molecule has 4 heteroatoms. The van der Waals surface area contributed by atoms with Crippen LogP contribution in [0.2, 0.25) is 5.02 Å². The van der Waals surface area contributed by atoms with Gasteiger partial charge in [0.1, 0.15) is 11.1 Å². The molecule has 2 rings (SSSR count). The van der Waals surface area contributed by atoms with E-state index in [9.17, 15) is 0 Å². The molecule has 1 aromatic rings. The molecule has 0 atom stereocenters. The normalized spacial score (nSPS) is 12.7. The number of ether oxygens (including phenoxy) is 2. The molecular formula is C8H4ClNO2. The number of halogens is 1. The van der Waals surface area contributed by atoms with Crippen molar-refractivity contribution in [2.24, 2.45) is 0 Å². The Morgan fingerprint density at radius 1 is 1.42 bits per heavy atom. The Labute approximate surface area is 74.1 Å². The molecule has 1 aliphatic rings. The van der Waals surface area contributed by atoms with Gasteiger partial charge in [-0.15, -0.1) is 0 Å². The highest BCUT2D eigenvalue weighted by Gasteiger charge is 2.19. The zero-order chi connectivity index (χ0) is 8.55. The highest BCUT2D eigenvalue weighted by atomic mass is 35.5. The Morgan fingerprint density at radius 3 is 3.00 bits per heavy atom. The van der Waals surface area contributed by atoms with Crippen LogP contribution in [0.15, 0.2) is 12.1 Å². The van der Waals surface area contributed by atoms with E-state index in [1.165, 1.54) is 0 Å². The van der Waals surface area contributed by atoms with Crippen molar-refractivity contribution < 1.29 is 9.47 Å². The van der Waals surface area contributed by atoms with Crippen LogP contribution < -0.4 is 9.47 Å². The molecule has 0 aromatic heterocycles. The number of benzene rings is 1. The summed E-state index contributed by atoms with van der Waals surface area (Å²) in [6.45, 7) is 0.171. The molecule has 12 heavy (non-hydrogen) atoms. The van der Waals surface area contributed by atoms with Crippen molar-refractivity contribution in [1.29, 1.82) is 5.26 Å². The molecule has 0 spiro atoms. The van der Waals surface area contributed by atoms with E-state index in [2.05, 4.69) is 0 Å². The third-order valence-corrected chi connectivity index (χ3v) is 1.97. The Balaban J connectivity index is 2.63. The second-order valence-electron chi connectivity index (χ2n) is 2.27. The highest BCUT2D eigenvalue weighted by Crippen LogP contribution is 2.40. The van der Waals surface area contributed by atoms with Crippen molar-refractivity contribution in [3.63, 3.8) is 0 Å². The first-order chi connectivity index (χ1) is 5.83. The zero-order valence-electron chi connectivity index (χ0n) is 6.00. The van der Waals surface area contributed by atoms with Gasteiger partial charge in [0.2, 0.25) is 6.79 Å². The predicted octanol–water partition coefficient (Wildman–Crippen LogP) is 1.94. The van der Waals surface area contributed by atoms with Crippen molar-refractivity contribution in [3.05, 3.63) is 22.7 Å². The second-order valence-corrected chi connectivity index (χ2v) is 2.65. The molecule has 0 radical (unpaired) electrons. The van der Waals surface area contributed by atoms with E-state index in [0.29, 0.717) is 22.1 Å². The van der Waals surface area contributed by atoms with E-state index >= 15 is 0 Å². The van der Waals surface area contributed by atoms with Crippen LogP contribution in [-0.2, 0) is 0 Å². The van der Waals surface area contributed by atoms with Crippen molar-refractivity contribution in [1.82, 2.24) is 0 Å². The second kappa shape index (κ2) is 2.58. The van der Waals surface area contributed by atoms with Gasteiger partial charge >= 0.3 is 0 Å². The molecular weight excluding hydrogens is 178 g/mol. The van der Waals surface area contributed by atoms with Gasteiger partial charge < -0.3 is 9.47 Å². The van der Waals surface area contributed by atoms with Gasteiger partial charge in [-0.05, 0) is 12.1 Å². The van der Waals surface area contributed by atoms with Crippen molar-refractivity contribution >= 4 is 11.6 Å². The summed E-state index contributed by atoms with van der Waals surface area (Å²) in [6.07, 6.45) is 0. The Hall–Kier alpha value is -1.40. The molecule has 3 nitrogen and oxygen atoms in total. The smallest absolute Gasteiger partial charge is 0.231 e. The average Bonchev–Trinajstić information content (AvgIpc) is 2.53. The van der Waals surface area contributed by atoms with Gasteiger partial charge in [-0.2, -0.15) is 5.26 Å². The minimum absolute atomic E-state index is 0.171. The number of nitriles is 1. The van der Waals surface area contributed by atoms with E-state index in [0.717, 1.165) is 0 Å². The number of hydrogen-bond acceptors (Lipinski definition) is 3. The monoisotopic (exact) mass is 181 g/mol. The third kappa shape index (κ3) is 0.892. The lowest BCUT2D eigenvalue weighted by molar-refractivity contribution is 0.174. The van der Waals surface area contributed by atoms with Crippen LogP contribution in [0.1, 0.15) is 5.56 Å². The van der Waals surface area contributed by atoms with Gasteiger partial charge in [0.25, 0.3) is 0 Å². The fraction of sp³-hybridized carbons (Fsp3) is 0.125. The molecule has 0 unspecified atom stereocenters. The predicted molar refractivity (Wildman–Crippen MR) is 42.3 cm³/mol. The summed E-state index contributed by atoms with van der Waals surface area (Å²) < 4.78 is 10.1. The minimum atomic E-state index is 0.171. The summed E-state index contributed by atoms with van der Waals surface area (Å²) >= 11 is 5.83. The maximum absolute atomic E-state index is 8.62. The van der Waals surface area contributed by atoms with Crippen molar-refractivity contribution in [2.75, 3.05) is 6.79 Å². The highest BCUT2D eigenvalue weighted by molar-refractivity contribution is 6.33. The van der Waals surface area contributed by atoms with Gasteiger partial charge in [0.05, 0.1) is 5.56 Å². The van der Waals surface area contributed by atoms with Crippen LogP contribution in [0.4, 0.5) is 0 Å². The van der Waals surface area contributed by atoms with Crippen LogP contribution in [0, 0.1) is 11.3 Å². The summed E-state index contributed by atoms with van der Waals surface area (Å²) in [4.78, 5) is 0. The zero-order valence-corrected chi connectivity index (χ0v) is 6.76. The van der Waals surface area contributed by atoms with Gasteiger partial charge in [-0.1, -0.05) is 11.6 Å². The summed E-state index contributed by atoms with van der Waals surface area (Å²) in [7, 11) is 0. The fourth-order valence-electron chi connectivity index (χ4n) is 1.02. The molecule has 0 saturated carbocycles.